The number of rotatable bonds is 4. The molecule has 0 aliphatic heterocycles. The molecule has 5 heteroatoms. The van der Waals surface area contributed by atoms with Gasteiger partial charge in [-0.05, 0) is 42.0 Å². The van der Waals surface area contributed by atoms with Crippen LogP contribution in [0.4, 0.5) is 11.4 Å². The third-order valence-corrected chi connectivity index (χ3v) is 3.30. The largest absolute Gasteiger partial charge is 0.349 e. The quantitative estimate of drug-likeness (QED) is 0.851. The summed E-state index contributed by atoms with van der Waals surface area (Å²) in [6.07, 6.45) is 0.403. The van der Waals surface area contributed by atoms with Gasteiger partial charge in [0.25, 0.3) is 0 Å². The molecular formula is C17H19N3OS. The molecule has 2 aromatic carbocycles. The van der Waals surface area contributed by atoms with E-state index in [2.05, 4.69) is 10.6 Å². The van der Waals surface area contributed by atoms with Crippen molar-refractivity contribution in [3.05, 3.63) is 60.2 Å². The number of carbonyl (C=O) groups excluding carboxylic acids is 1. The smallest absolute Gasteiger partial charge is 0.226 e. The van der Waals surface area contributed by atoms with Gasteiger partial charge in [0, 0.05) is 25.5 Å². The van der Waals surface area contributed by atoms with Gasteiger partial charge in [-0.15, -0.1) is 0 Å². The Morgan fingerprint density at radius 1 is 0.955 bits per heavy atom. The van der Waals surface area contributed by atoms with Crippen LogP contribution in [0, 0.1) is 0 Å². The summed E-state index contributed by atoms with van der Waals surface area (Å²) in [6.45, 7) is 0. The zero-order chi connectivity index (χ0) is 15.9. The van der Waals surface area contributed by atoms with Crippen LogP contribution in [-0.4, -0.2) is 30.0 Å². The van der Waals surface area contributed by atoms with E-state index >= 15 is 0 Å². The minimum Gasteiger partial charge on any atom is -0.349 e. The topological polar surface area (TPSA) is 44.4 Å². The number of anilines is 2. The minimum absolute atomic E-state index is 0.0852. The first kappa shape index (κ1) is 16.0. The van der Waals surface area contributed by atoms with Crippen molar-refractivity contribution in [1.29, 1.82) is 0 Å². The summed E-state index contributed by atoms with van der Waals surface area (Å²) >= 11 is 5.27. The molecule has 0 fully saturated rings. The standard InChI is InChI=1S/C17H19N3OS/c1-20(2)16(21)12-13-8-10-15(11-9-13)19-17(22)18-14-6-4-3-5-7-14/h3-11H,12H2,1-2H3,(H2,18,19,22). The molecule has 22 heavy (non-hydrogen) atoms. The van der Waals surface area contributed by atoms with Crippen molar-refractivity contribution < 1.29 is 4.79 Å². The van der Waals surface area contributed by atoms with Gasteiger partial charge in [-0.3, -0.25) is 4.79 Å². The number of carbonyl (C=O) groups is 1. The normalized spacial score (nSPS) is 9.91. The highest BCUT2D eigenvalue weighted by atomic mass is 32.1. The Hall–Kier alpha value is -2.40. The molecule has 0 saturated carbocycles. The predicted octanol–water partition coefficient (Wildman–Crippen LogP) is 3.13. The van der Waals surface area contributed by atoms with Gasteiger partial charge in [0.1, 0.15) is 0 Å². The van der Waals surface area contributed by atoms with Gasteiger partial charge in [-0.25, -0.2) is 0 Å². The van der Waals surface area contributed by atoms with Crippen LogP contribution >= 0.6 is 12.2 Å². The molecule has 114 valence electrons. The van der Waals surface area contributed by atoms with Crippen LogP contribution in [0.2, 0.25) is 0 Å². The van der Waals surface area contributed by atoms with Crippen molar-refractivity contribution in [3.63, 3.8) is 0 Å². The third-order valence-electron chi connectivity index (χ3n) is 3.10. The Kier molecular flexibility index (Phi) is 5.49. The number of nitrogens with zero attached hydrogens (tertiary/aromatic N) is 1. The minimum atomic E-state index is 0.0852. The zero-order valence-corrected chi connectivity index (χ0v) is 13.5. The maximum Gasteiger partial charge on any atom is 0.226 e. The number of para-hydroxylation sites is 1. The lowest BCUT2D eigenvalue weighted by atomic mass is 10.1. The van der Waals surface area contributed by atoms with Gasteiger partial charge >= 0.3 is 0 Å². The summed E-state index contributed by atoms with van der Waals surface area (Å²) in [5, 5.41) is 6.76. The predicted molar refractivity (Wildman–Crippen MR) is 95.1 cm³/mol. The van der Waals surface area contributed by atoms with E-state index < -0.39 is 0 Å². The molecule has 2 aromatic rings. The van der Waals surface area contributed by atoms with E-state index in [4.69, 9.17) is 12.2 Å². The lowest BCUT2D eigenvalue weighted by molar-refractivity contribution is -0.127. The fourth-order valence-electron chi connectivity index (χ4n) is 1.85. The number of thiocarbonyl (C=S) groups is 1. The van der Waals surface area contributed by atoms with Crippen molar-refractivity contribution in [1.82, 2.24) is 4.90 Å². The molecule has 1 amide bonds. The fraction of sp³-hybridized carbons (Fsp3) is 0.176. The van der Waals surface area contributed by atoms with Crippen LogP contribution in [0.5, 0.6) is 0 Å². The zero-order valence-electron chi connectivity index (χ0n) is 12.7. The molecule has 0 aliphatic carbocycles. The number of hydrogen-bond acceptors (Lipinski definition) is 2. The second-order valence-corrected chi connectivity index (χ2v) is 5.52. The maximum absolute atomic E-state index is 11.7. The van der Waals surface area contributed by atoms with Crippen molar-refractivity contribution in [2.45, 2.75) is 6.42 Å². The van der Waals surface area contributed by atoms with Crippen LogP contribution in [0.15, 0.2) is 54.6 Å². The first-order chi connectivity index (χ1) is 10.5. The average Bonchev–Trinajstić information content (AvgIpc) is 2.50. The fourth-order valence-corrected chi connectivity index (χ4v) is 2.09. The summed E-state index contributed by atoms with van der Waals surface area (Å²) in [6, 6.07) is 17.4. The molecule has 0 aromatic heterocycles. The molecule has 0 unspecified atom stereocenters. The lowest BCUT2D eigenvalue weighted by Gasteiger charge is -2.12. The van der Waals surface area contributed by atoms with Gasteiger partial charge in [0.2, 0.25) is 5.91 Å². The Morgan fingerprint density at radius 2 is 1.50 bits per heavy atom. The Morgan fingerprint density at radius 3 is 2.05 bits per heavy atom. The molecule has 2 N–H and O–H groups in total. The number of likely N-dealkylation sites (N-methyl/N-ethyl adjacent to an activating group) is 1. The molecule has 0 bridgehead atoms. The summed E-state index contributed by atoms with van der Waals surface area (Å²) in [5.74, 6) is 0.0852. The first-order valence-electron chi connectivity index (χ1n) is 6.97. The maximum atomic E-state index is 11.7. The number of nitrogens with one attached hydrogen (secondary N) is 2. The van der Waals surface area contributed by atoms with Gasteiger partial charge in [0.05, 0.1) is 6.42 Å². The van der Waals surface area contributed by atoms with Crippen LogP contribution in [0.3, 0.4) is 0 Å². The number of hydrogen-bond donors (Lipinski definition) is 2. The van der Waals surface area contributed by atoms with Gasteiger partial charge in [-0.1, -0.05) is 30.3 Å². The molecule has 0 spiro atoms. The Labute approximate surface area is 136 Å². The Balaban J connectivity index is 1.91. The highest BCUT2D eigenvalue weighted by molar-refractivity contribution is 7.80. The van der Waals surface area contributed by atoms with E-state index in [0.717, 1.165) is 16.9 Å². The molecule has 4 nitrogen and oxygen atoms in total. The van der Waals surface area contributed by atoms with E-state index in [-0.39, 0.29) is 5.91 Å². The van der Waals surface area contributed by atoms with Gasteiger partial charge < -0.3 is 15.5 Å². The van der Waals surface area contributed by atoms with E-state index in [1.54, 1.807) is 19.0 Å². The van der Waals surface area contributed by atoms with Crippen molar-refractivity contribution >= 4 is 34.6 Å². The van der Waals surface area contributed by atoms with E-state index in [1.807, 2.05) is 54.6 Å². The van der Waals surface area contributed by atoms with Gasteiger partial charge in [0.15, 0.2) is 5.11 Å². The van der Waals surface area contributed by atoms with E-state index in [9.17, 15) is 4.79 Å². The van der Waals surface area contributed by atoms with Crippen LogP contribution in [0.1, 0.15) is 5.56 Å². The number of benzene rings is 2. The second-order valence-electron chi connectivity index (χ2n) is 5.11. The van der Waals surface area contributed by atoms with Crippen LogP contribution in [-0.2, 0) is 11.2 Å². The lowest BCUT2D eigenvalue weighted by Crippen LogP contribution is -2.23. The van der Waals surface area contributed by atoms with Crippen molar-refractivity contribution in [3.8, 4) is 0 Å². The van der Waals surface area contributed by atoms with E-state index in [1.165, 1.54) is 0 Å². The van der Waals surface area contributed by atoms with Crippen LogP contribution in [0.25, 0.3) is 0 Å². The summed E-state index contributed by atoms with van der Waals surface area (Å²) in [5.41, 5.74) is 2.80. The molecular weight excluding hydrogens is 294 g/mol. The second kappa shape index (κ2) is 7.56. The molecule has 0 atom stereocenters. The van der Waals surface area contributed by atoms with E-state index in [0.29, 0.717) is 11.5 Å². The molecule has 0 saturated heterocycles. The number of amides is 1. The SMILES string of the molecule is CN(C)C(=O)Cc1ccc(NC(=S)Nc2ccccc2)cc1. The van der Waals surface area contributed by atoms with Crippen molar-refractivity contribution in [2.75, 3.05) is 24.7 Å². The Bertz CT molecular complexity index is 639. The van der Waals surface area contributed by atoms with Crippen molar-refractivity contribution in [2.24, 2.45) is 0 Å². The summed E-state index contributed by atoms with van der Waals surface area (Å²) in [4.78, 5) is 13.2. The monoisotopic (exact) mass is 313 g/mol. The third kappa shape index (κ3) is 4.86. The molecule has 0 radical (unpaired) electrons. The molecule has 0 aliphatic rings. The average molecular weight is 313 g/mol. The highest BCUT2D eigenvalue weighted by Gasteiger charge is 2.05. The molecule has 2 rings (SSSR count). The van der Waals surface area contributed by atoms with Gasteiger partial charge in [-0.2, -0.15) is 0 Å². The highest BCUT2D eigenvalue weighted by Crippen LogP contribution is 2.12. The molecule has 0 heterocycles. The summed E-state index contributed by atoms with van der Waals surface area (Å²) < 4.78 is 0. The summed E-state index contributed by atoms with van der Waals surface area (Å²) in [7, 11) is 3.51. The van der Waals surface area contributed by atoms with Crippen LogP contribution < -0.4 is 10.6 Å². The first-order valence-corrected chi connectivity index (χ1v) is 7.37.